The van der Waals surface area contributed by atoms with Gasteiger partial charge < -0.3 is 10.1 Å². The van der Waals surface area contributed by atoms with Crippen molar-refractivity contribution in [3.05, 3.63) is 35.8 Å². The van der Waals surface area contributed by atoms with E-state index in [0.29, 0.717) is 6.54 Å². The maximum absolute atomic E-state index is 5.95. The molecule has 108 valence electrons. The second-order valence-corrected chi connectivity index (χ2v) is 5.94. The predicted molar refractivity (Wildman–Crippen MR) is 78.8 cm³/mol. The number of aromatic nitrogens is 3. The molecule has 0 bridgehead atoms. The molecule has 0 aliphatic heterocycles. The molecule has 0 aromatic carbocycles. The van der Waals surface area contributed by atoms with Gasteiger partial charge in [0.05, 0.1) is 5.69 Å². The molecule has 0 radical (unpaired) electrons. The lowest BCUT2D eigenvalue weighted by atomic mass is 10.1. The van der Waals surface area contributed by atoms with Gasteiger partial charge in [-0.3, -0.25) is 4.98 Å². The number of nitrogens with one attached hydrogen (secondary N) is 1. The summed E-state index contributed by atoms with van der Waals surface area (Å²) < 4.78 is 7.68. The largest absolute Gasteiger partial charge is 0.439 e. The topological polar surface area (TPSA) is 52.0 Å². The SMILES string of the molecule is Cc1cc(Oc2ccncc2CNC(C)(C)C)n(C)n1. The fourth-order valence-electron chi connectivity index (χ4n) is 1.80. The lowest BCUT2D eigenvalue weighted by Crippen LogP contribution is -2.35. The molecule has 0 aliphatic rings. The number of hydrogen-bond donors (Lipinski definition) is 1. The minimum atomic E-state index is 0.0518. The van der Waals surface area contributed by atoms with E-state index in [9.17, 15) is 0 Å². The van der Waals surface area contributed by atoms with Crippen LogP contribution in [0, 0.1) is 6.92 Å². The summed E-state index contributed by atoms with van der Waals surface area (Å²) >= 11 is 0. The van der Waals surface area contributed by atoms with Gasteiger partial charge in [0, 0.05) is 43.2 Å². The molecule has 2 rings (SSSR count). The Morgan fingerprint density at radius 1 is 1.35 bits per heavy atom. The molecule has 5 nitrogen and oxygen atoms in total. The molecule has 0 saturated heterocycles. The van der Waals surface area contributed by atoms with E-state index in [2.05, 4.69) is 36.2 Å². The van der Waals surface area contributed by atoms with Gasteiger partial charge in [-0.25, -0.2) is 4.68 Å². The average molecular weight is 274 g/mol. The first kappa shape index (κ1) is 14.5. The van der Waals surface area contributed by atoms with Crippen molar-refractivity contribution >= 4 is 0 Å². The van der Waals surface area contributed by atoms with Crippen LogP contribution in [0.3, 0.4) is 0 Å². The van der Waals surface area contributed by atoms with Gasteiger partial charge in [0.1, 0.15) is 5.75 Å². The number of ether oxygens (including phenoxy) is 1. The Labute approximate surface area is 120 Å². The molecule has 0 spiro atoms. The maximum Gasteiger partial charge on any atom is 0.217 e. The van der Waals surface area contributed by atoms with Crippen LogP contribution in [0.1, 0.15) is 32.0 Å². The zero-order chi connectivity index (χ0) is 14.8. The Morgan fingerprint density at radius 2 is 2.10 bits per heavy atom. The highest BCUT2D eigenvalue weighted by atomic mass is 16.5. The van der Waals surface area contributed by atoms with Gasteiger partial charge in [-0.2, -0.15) is 5.10 Å². The molecular formula is C15H22N4O. The number of hydrogen-bond acceptors (Lipinski definition) is 4. The van der Waals surface area contributed by atoms with Crippen LogP contribution in [0.4, 0.5) is 0 Å². The summed E-state index contributed by atoms with van der Waals surface area (Å²) in [5, 5.41) is 7.72. The number of pyridine rings is 1. The van der Waals surface area contributed by atoms with Crippen LogP contribution in [-0.2, 0) is 13.6 Å². The zero-order valence-corrected chi connectivity index (χ0v) is 12.8. The Balaban J connectivity index is 2.17. The predicted octanol–water partition coefficient (Wildman–Crippen LogP) is 2.80. The third-order valence-corrected chi connectivity index (χ3v) is 2.84. The molecule has 0 amide bonds. The van der Waals surface area contributed by atoms with Crippen molar-refractivity contribution in [1.82, 2.24) is 20.1 Å². The standard InChI is InChI=1S/C15H22N4O/c1-11-8-14(19(5)18-11)20-13-6-7-16-9-12(13)10-17-15(2,3)4/h6-9,17H,10H2,1-5H3. The molecule has 0 unspecified atom stereocenters. The van der Waals surface area contributed by atoms with Crippen LogP contribution in [0.15, 0.2) is 24.5 Å². The zero-order valence-electron chi connectivity index (χ0n) is 12.8. The fraction of sp³-hybridized carbons (Fsp3) is 0.467. The molecular weight excluding hydrogens is 252 g/mol. The van der Waals surface area contributed by atoms with Crippen molar-refractivity contribution in [2.24, 2.45) is 7.05 Å². The smallest absolute Gasteiger partial charge is 0.217 e. The third-order valence-electron chi connectivity index (χ3n) is 2.84. The number of aryl methyl sites for hydroxylation is 2. The lowest BCUT2D eigenvalue weighted by molar-refractivity contribution is 0.401. The van der Waals surface area contributed by atoms with Crippen LogP contribution in [0.2, 0.25) is 0 Å². The molecule has 2 heterocycles. The summed E-state index contributed by atoms with van der Waals surface area (Å²) in [4.78, 5) is 4.17. The molecule has 0 atom stereocenters. The lowest BCUT2D eigenvalue weighted by Gasteiger charge is -2.21. The second-order valence-electron chi connectivity index (χ2n) is 5.94. The monoisotopic (exact) mass is 274 g/mol. The highest BCUT2D eigenvalue weighted by Crippen LogP contribution is 2.25. The quantitative estimate of drug-likeness (QED) is 0.931. The maximum atomic E-state index is 5.95. The molecule has 20 heavy (non-hydrogen) atoms. The first-order valence-electron chi connectivity index (χ1n) is 6.71. The van der Waals surface area contributed by atoms with E-state index in [1.165, 1.54) is 0 Å². The van der Waals surface area contributed by atoms with Crippen molar-refractivity contribution in [2.75, 3.05) is 0 Å². The van der Waals surface area contributed by atoms with E-state index in [-0.39, 0.29) is 5.54 Å². The summed E-state index contributed by atoms with van der Waals surface area (Å²) in [7, 11) is 1.87. The molecule has 0 saturated carbocycles. The Hall–Kier alpha value is -1.88. The molecule has 0 aliphatic carbocycles. The minimum Gasteiger partial charge on any atom is -0.439 e. The van der Waals surface area contributed by atoms with Crippen LogP contribution >= 0.6 is 0 Å². The highest BCUT2D eigenvalue weighted by Gasteiger charge is 2.12. The molecule has 2 aromatic rings. The Morgan fingerprint density at radius 3 is 2.70 bits per heavy atom. The first-order chi connectivity index (χ1) is 9.35. The number of nitrogens with zero attached hydrogens (tertiary/aromatic N) is 3. The van der Waals surface area contributed by atoms with Crippen molar-refractivity contribution in [3.8, 4) is 11.6 Å². The summed E-state index contributed by atoms with van der Waals surface area (Å²) in [5.74, 6) is 1.53. The first-order valence-corrected chi connectivity index (χ1v) is 6.71. The summed E-state index contributed by atoms with van der Waals surface area (Å²) in [6.07, 6.45) is 3.57. The van der Waals surface area contributed by atoms with E-state index in [1.54, 1.807) is 10.9 Å². The number of rotatable bonds is 4. The van der Waals surface area contributed by atoms with Crippen LogP contribution in [-0.4, -0.2) is 20.3 Å². The van der Waals surface area contributed by atoms with Gasteiger partial charge >= 0.3 is 0 Å². The molecule has 0 fully saturated rings. The van der Waals surface area contributed by atoms with Gasteiger partial charge in [-0.15, -0.1) is 0 Å². The van der Waals surface area contributed by atoms with Crippen LogP contribution in [0.25, 0.3) is 0 Å². The van der Waals surface area contributed by atoms with Crippen LogP contribution < -0.4 is 10.1 Å². The normalized spacial score (nSPS) is 11.7. The van der Waals surface area contributed by atoms with E-state index < -0.39 is 0 Å². The minimum absolute atomic E-state index is 0.0518. The van der Waals surface area contributed by atoms with Gasteiger partial charge in [-0.05, 0) is 33.8 Å². The Kier molecular flexibility index (Phi) is 4.09. The summed E-state index contributed by atoms with van der Waals surface area (Å²) in [6.45, 7) is 9.06. The summed E-state index contributed by atoms with van der Waals surface area (Å²) in [5.41, 5.74) is 2.02. The van der Waals surface area contributed by atoms with Crippen molar-refractivity contribution in [3.63, 3.8) is 0 Å². The fourth-order valence-corrected chi connectivity index (χ4v) is 1.80. The average Bonchev–Trinajstić information content (AvgIpc) is 2.66. The molecule has 5 heteroatoms. The molecule has 1 N–H and O–H groups in total. The third kappa shape index (κ3) is 3.81. The highest BCUT2D eigenvalue weighted by molar-refractivity contribution is 5.34. The van der Waals surface area contributed by atoms with E-state index in [0.717, 1.165) is 22.9 Å². The second kappa shape index (κ2) is 5.63. The van der Waals surface area contributed by atoms with Gasteiger partial charge in [0.2, 0.25) is 5.88 Å². The van der Waals surface area contributed by atoms with E-state index in [4.69, 9.17) is 4.74 Å². The molecule has 2 aromatic heterocycles. The van der Waals surface area contributed by atoms with Crippen molar-refractivity contribution in [1.29, 1.82) is 0 Å². The van der Waals surface area contributed by atoms with Gasteiger partial charge in [0.25, 0.3) is 0 Å². The van der Waals surface area contributed by atoms with Crippen molar-refractivity contribution in [2.45, 2.75) is 39.8 Å². The van der Waals surface area contributed by atoms with E-state index in [1.807, 2.05) is 32.3 Å². The summed E-state index contributed by atoms with van der Waals surface area (Å²) in [6, 6.07) is 3.80. The Bertz CT molecular complexity index is 584. The van der Waals surface area contributed by atoms with Gasteiger partial charge in [0.15, 0.2) is 0 Å². The van der Waals surface area contributed by atoms with E-state index >= 15 is 0 Å². The van der Waals surface area contributed by atoms with Crippen molar-refractivity contribution < 1.29 is 4.74 Å². The van der Waals surface area contributed by atoms with Gasteiger partial charge in [-0.1, -0.05) is 0 Å². The van der Waals surface area contributed by atoms with Crippen LogP contribution in [0.5, 0.6) is 11.6 Å².